The van der Waals surface area contributed by atoms with Crippen LogP contribution in [0.25, 0.3) is 0 Å². The van der Waals surface area contributed by atoms with Crippen molar-refractivity contribution in [2.75, 3.05) is 18.9 Å². The van der Waals surface area contributed by atoms with Crippen LogP contribution in [0.1, 0.15) is 57.3 Å². The van der Waals surface area contributed by atoms with Crippen LogP contribution in [0, 0.1) is 5.41 Å². The second-order valence-electron chi connectivity index (χ2n) is 9.83. The molecule has 192 valence electrons. The molecule has 1 aromatic rings. The van der Waals surface area contributed by atoms with Crippen LogP contribution in [-0.4, -0.2) is 66.2 Å². The van der Waals surface area contributed by atoms with Crippen molar-refractivity contribution in [2.45, 2.75) is 71.4 Å². The van der Waals surface area contributed by atoms with Crippen molar-refractivity contribution in [1.82, 2.24) is 15.5 Å². The van der Waals surface area contributed by atoms with Crippen LogP contribution in [0.5, 0.6) is 0 Å². The maximum Gasteiger partial charge on any atom is 0.310 e. The van der Waals surface area contributed by atoms with Gasteiger partial charge < -0.3 is 30.7 Å². The molecule has 2 aliphatic heterocycles. The van der Waals surface area contributed by atoms with Crippen molar-refractivity contribution in [3.8, 4) is 0 Å². The lowest BCUT2D eigenvalue weighted by Crippen LogP contribution is -2.58. The van der Waals surface area contributed by atoms with E-state index in [0.717, 1.165) is 0 Å². The maximum atomic E-state index is 13.6. The highest BCUT2D eigenvalue weighted by Crippen LogP contribution is 2.27. The van der Waals surface area contributed by atoms with E-state index >= 15 is 0 Å². The Balaban J connectivity index is 1.74. The zero-order valence-electron chi connectivity index (χ0n) is 20.4. The van der Waals surface area contributed by atoms with Crippen molar-refractivity contribution in [3.05, 3.63) is 28.8 Å². The summed E-state index contributed by atoms with van der Waals surface area (Å²) in [6.07, 6.45) is 0.255. The molecule has 4 atom stereocenters. The number of nitrogens with two attached hydrogens (primary N) is 1. The number of hydrogen-bond donors (Lipinski definition) is 3. The molecule has 0 radical (unpaired) electrons. The molecule has 0 unspecified atom stereocenters. The summed E-state index contributed by atoms with van der Waals surface area (Å²) in [4.78, 5) is 52.9. The minimum absolute atomic E-state index is 0.00188. The molecule has 10 nitrogen and oxygen atoms in total. The van der Waals surface area contributed by atoms with Crippen molar-refractivity contribution >= 4 is 41.0 Å². The van der Waals surface area contributed by atoms with Crippen LogP contribution in [0.2, 0.25) is 5.02 Å². The standard InChI is InChI=1S/C24H33ClN4O6/c1-5-34-23-16(12-18(30)35-23)27-21(32)17-7-6-10-29(17)22(33)19(24(2,3)4)28-20(31)13-8-9-15(26)14(25)11-13/h8-9,11,16-17,19,23H,5-7,10,12,26H2,1-4H3,(H,27,32)(H,28,31)/t16-,17-,19+,23-/m0/s1. The molecule has 4 N–H and O–H groups in total. The molecule has 11 heteroatoms. The maximum absolute atomic E-state index is 13.6. The number of likely N-dealkylation sites (tertiary alicyclic amines) is 1. The monoisotopic (exact) mass is 508 g/mol. The quantitative estimate of drug-likeness (QED) is 0.377. The van der Waals surface area contributed by atoms with E-state index in [4.69, 9.17) is 26.8 Å². The zero-order chi connectivity index (χ0) is 25.9. The molecule has 2 aliphatic rings. The number of nitrogens with one attached hydrogen (secondary N) is 2. The first-order valence-corrected chi connectivity index (χ1v) is 12.1. The number of carbonyl (C=O) groups is 4. The molecule has 1 aromatic carbocycles. The van der Waals surface area contributed by atoms with E-state index in [1.165, 1.54) is 23.1 Å². The second-order valence-corrected chi connectivity index (χ2v) is 10.2. The highest BCUT2D eigenvalue weighted by atomic mass is 35.5. The topological polar surface area (TPSA) is 140 Å². The van der Waals surface area contributed by atoms with Gasteiger partial charge in [0, 0.05) is 18.7 Å². The number of benzene rings is 1. The molecule has 2 saturated heterocycles. The van der Waals surface area contributed by atoms with Crippen molar-refractivity contribution in [1.29, 1.82) is 0 Å². The van der Waals surface area contributed by atoms with Gasteiger partial charge in [-0.05, 0) is 43.4 Å². The Kier molecular flexibility index (Phi) is 8.27. The Labute approximate surface area is 209 Å². The molecule has 2 fully saturated rings. The SMILES string of the molecule is CCO[C@H]1OC(=O)C[C@@H]1NC(=O)[C@@H]1CCCN1C(=O)[C@@H](NC(=O)c1ccc(N)c(Cl)c1)C(C)(C)C. The number of cyclic esters (lactones) is 1. The van der Waals surface area contributed by atoms with Crippen molar-refractivity contribution in [2.24, 2.45) is 5.41 Å². The first kappa shape index (κ1) is 26.7. The smallest absolute Gasteiger partial charge is 0.310 e. The van der Waals surface area contributed by atoms with Gasteiger partial charge in [-0.3, -0.25) is 19.2 Å². The van der Waals surface area contributed by atoms with Gasteiger partial charge in [-0.2, -0.15) is 0 Å². The summed E-state index contributed by atoms with van der Waals surface area (Å²) in [5.74, 6) is -1.66. The van der Waals surface area contributed by atoms with Crippen LogP contribution < -0.4 is 16.4 Å². The number of hydrogen-bond acceptors (Lipinski definition) is 7. The highest BCUT2D eigenvalue weighted by molar-refractivity contribution is 6.33. The van der Waals surface area contributed by atoms with Gasteiger partial charge in [0.1, 0.15) is 18.1 Å². The number of nitrogens with zero attached hydrogens (tertiary/aromatic N) is 1. The Morgan fingerprint density at radius 3 is 2.66 bits per heavy atom. The molecule has 0 spiro atoms. The summed E-state index contributed by atoms with van der Waals surface area (Å²) in [5, 5.41) is 5.86. The lowest BCUT2D eigenvalue weighted by atomic mass is 9.85. The molecular weight excluding hydrogens is 476 g/mol. The first-order chi connectivity index (χ1) is 16.4. The van der Waals surface area contributed by atoms with Gasteiger partial charge in [0.2, 0.25) is 18.1 Å². The van der Waals surface area contributed by atoms with Gasteiger partial charge in [0.15, 0.2) is 0 Å². The van der Waals surface area contributed by atoms with Gasteiger partial charge >= 0.3 is 5.97 Å². The lowest BCUT2D eigenvalue weighted by Gasteiger charge is -2.35. The summed E-state index contributed by atoms with van der Waals surface area (Å²) in [5.41, 5.74) is 5.71. The molecule has 0 bridgehead atoms. The average Bonchev–Trinajstić information content (AvgIpc) is 3.39. The largest absolute Gasteiger partial charge is 0.433 e. The molecule has 0 saturated carbocycles. The van der Waals surface area contributed by atoms with Gasteiger partial charge in [-0.15, -0.1) is 0 Å². The lowest BCUT2D eigenvalue weighted by molar-refractivity contribution is -0.164. The van der Waals surface area contributed by atoms with E-state index in [0.29, 0.717) is 31.7 Å². The number of anilines is 1. The van der Waals surface area contributed by atoms with E-state index < -0.39 is 41.7 Å². The average molecular weight is 509 g/mol. The van der Waals surface area contributed by atoms with Crippen molar-refractivity contribution < 1.29 is 28.7 Å². The minimum Gasteiger partial charge on any atom is -0.433 e. The van der Waals surface area contributed by atoms with Crippen LogP contribution in [0.4, 0.5) is 5.69 Å². The van der Waals surface area contributed by atoms with E-state index in [2.05, 4.69) is 10.6 Å². The van der Waals surface area contributed by atoms with E-state index in [9.17, 15) is 19.2 Å². The number of rotatable bonds is 7. The Morgan fingerprint density at radius 1 is 1.31 bits per heavy atom. The molecule has 3 amide bonds. The number of amides is 3. The fourth-order valence-electron chi connectivity index (χ4n) is 4.25. The summed E-state index contributed by atoms with van der Waals surface area (Å²) < 4.78 is 10.5. The van der Waals surface area contributed by atoms with Gasteiger partial charge in [0.25, 0.3) is 5.91 Å². The predicted molar refractivity (Wildman–Crippen MR) is 129 cm³/mol. The van der Waals surface area contributed by atoms with E-state index in [1.807, 2.05) is 20.8 Å². The molecule has 0 aliphatic carbocycles. The minimum atomic E-state index is -0.896. The van der Waals surface area contributed by atoms with Crippen LogP contribution in [0.3, 0.4) is 0 Å². The van der Waals surface area contributed by atoms with Crippen LogP contribution in [-0.2, 0) is 23.9 Å². The van der Waals surface area contributed by atoms with Gasteiger partial charge in [-0.25, -0.2) is 0 Å². The Morgan fingerprint density at radius 2 is 2.03 bits per heavy atom. The van der Waals surface area contributed by atoms with Crippen LogP contribution in [0.15, 0.2) is 18.2 Å². The number of carbonyl (C=O) groups excluding carboxylic acids is 4. The predicted octanol–water partition coefficient (Wildman–Crippen LogP) is 1.85. The molecule has 3 rings (SSSR count). The third-order valence-corrected chi connectivity index (χ3v) is 6.44. The number of esters is 1. The second kappa shape index (κ2) is 10.8. The number of halogens is 1. The third kappa shape index (κ3) is 6.24. The first-order valence-electron chi connectivity index (χ1n) is 11.7. The summed E-state index contributed by atoms with van der Waals surface area (Å²) in [6, 6.07) is 2.26. The Bertz CT molecular complexity index is 995. The fraction of sp³-hybridized carbons (Fsp3) is 0.583. The van der Waals surface area contributed by atoms with Crippen molar-refractivity contribution in [3.63, 3.8) is 0 Å². The summed E-state index contributed by atoms with van der Waals surface area (Å²) in [7, 11) is 0. The zero-order valence-corrected chi connectivity index (χ0v) is 21.2. The summed E-state index contributed by atoms with van der Waals surface area (Å²) >= 11 is 6.05. The summed E-state index contributed by atoms with van der Waals surface area (Å²) in [6.45, 7) is 7.98. The third-order valence-electron chi connectivity index (χ3n) is 6.11. The molecule has 35 heavy (non-hydrogen) atoms. The van der Waals surface area contributed by atoms with E-state index in [1.54, 1.807) is 6.92 Å². The Hall–Kier alpha value is -2.85. The molecule has 0 aromatic heterocycles. The molecular formula is C24H33ClN4O6. The van der Waals surface area contributed by atoms with Gasteiger partial charge in [-0.1, -0.05) is 32.4 Å². The highest BCUT2D eigenvalue weighted by Gasteiger charge is 2.44. The fourth-order valence-corrected chi connectivity index (χ4v) is 4.43. The number of ether oxygens (including phenoxy) is 2. The normalized spacial score (nSPS) is 23.1. The van der Waals surface area contributed by atoms with Gasteiger partial charge in [0.05, 0.1) is 17.1 Å². The van der Waals surface area contributed by atoms with E-state index in [-0.39, 0.29) is 28.8 Å². The number of nitrogen functional groups attached to an aromatic ring is 1. The van der Waals surface area contributed by atoms with Crippen LogP contribution >= 0.6 is 11.6 Å². The molecule has 2 heterocycles.